The Kier molecular flexibility index (Phi) is 3.76. The van der Waals surface area contributed by atoms with E-state index < -0.39 is 0 Å². The number of hydrogen-bond acceptors (Lipinski definition) is 3. The second-order valence-electron chi connectivity index (χ2n) is 3.51. The molecule has 0 radical (unpaired) electrons. The SMILES string of the molecule is CN(C)C(N)=NC(N)=Nc1ccc(O)c(O)c1. The van der Waals surface area contributed by atoms with E-state index in [0.29, 0.717) is 5.69 Å². The summed E-state index contributed by atoms with van der Waals surface area (Å²) < 4.78 is 0. The van der Waals surface area contributed by atoms with Crippen LogP contribution in [0.15, 0.2) is 28.2 Å². The van der Waals surface area contributed by atoms with Gasteiger partial charge in [0.2, 0.25) is 5.96 Å². The molecule has 0 saturated heterocycles. The molecule has 0 aliphatic carbocycles. The number of benzene rings is 1. The Bertz CT molecular complexity index is 468. The minimum atomic E-state index is -0.274. The molecule has 0 saturated carbocycles. The molecule has 6 N–H and O–H groups in total. The normalized spacial score (nSPS) is 12.6. The monoisotopic (exact) mass is 237 g/mol. The summed E-state index contributed by atoms with van der Waals surface area (Å²) >= 11 is 0. The fourth-order valence-corrected chi connectivity index (χ4v) is 0.956. The Labute approximate surface area is 98.7 Å². The van der Waals surface area contributed by atoms with Crippen LogP contribution in [0.1, 0.15) is 0 Å². The maximum atomic E-state index is 9.25. The van der Waals surface area contributed by atoms with Crippen molar-refractivity contribution >= 4 is 17.6 Å². The van der Waals surface area contributed by atoms with Crippen molar-refractivity contribution in [2.24, 2.45) is 21.5 Å². The Morgan fingerprint density at radius 1 is 1.18 bits per heavy atom. The molecule has 0 heterocycles. The Morgan fingerprint density at radius 3 is 2.35 bits per heavy atom. The highest BCUT2D eigenvalue weighted by molar-refractivity contribution is 5.94. The van der Waals surface area contributed by atoms with Gasteiger partial charge in [0.1, 0.15) is 0 Å². The number of phenols is 2. The number of phenolic OH excluding ortho intramolecular Hbond substituents is 2. The predicted octanol–water partition coefficient (Wildman–Crippen LogP) is -0.0797. The Balaban J connectivity index is 2.95. The van der Waals surface area contributed by atoms with E-state index in [1.807, 2.05) is 0 Å². The van der Waals surface area contributed by atoms with Crippen molar-refractivity contribution in [1.82, 2.24) is 4.90 Å². The smallest absolute Gasteiger partial charge is 0.223 e. The van der Waals surface area contributed by atoms with Crippen molar-refractivity contribution in [2.45, 2.75) is 0 Å². The van der Waals surface area contributed by atoms with Crippen LogP contribution in [0.3, 0.4) is 0 Å². The van der Waals surface area contributed by atoms with Crippen LogP contribution in [0, 0.1) is 0 Å². The van der Waals surface area contributed by atoms with Crippen LogP contribution in [0.5, 0.6) is 11.5 Å². The molecule has 92 valence electrons. The summed E-state index contributed by atoms with van der Waals surface area (Å²) in [7, 11) is 3.44. The molecule has 0 fully saturated rings. The van der Waals surface area contributed by atoms with Crippen molar-refractivity contribution < 1.29 is 10.2 Å². The van der Waals surface area contributed by atoms with Crippen molar-refractivity contribution in [3.8, 4) is 11.5 Å². The third-order valence-corrected chi connectivity index (χ3v) is 1.89. The van der Waals surface area contributed by atoms with Gasteiger partial charge in [0.05, 0.1) is 5.69 Å². The van der Waals surface area contributed by atoms with Gasteiger partial charge in [-0.25, -0.2) is 4.99 Å². The average molecular weight is 237 g/mol. The second-order valence-corrected chi connectivity index (χ2v) is 3.51. The fourth-order valence-electron chi connectivity index (χ4n) is 0.956. The number of aliphatic imine (C=N–C) groups is 2. The third kappa shape index (κ3) is 3.56. The molecule has 7 nitrogen and oxygen atoms in total. The van der Waals surface area contributed by atoms with E-state index in [-0.39, 0.29) is 23.4 Å². The highest BCUT2D eigenvalue weighted by Crippen LogP contribution is 2.28. The molecule has 0 atom stereocenters. The zero-order valence-electron chi connectivity index (χ0n) is 9.62. The molecule has 0 bridgehead atoms. The molecule has 7 heteroatoms. The van der Waals surface area contributed by atoms with Crippen LogP contribution in [0.4, 0.5) is 5.69 Å². The van der Waals surface area contributed by atoms with Gasteiger partial charge in [-0.05, 0) is 12.1 Å². The molecule has 17 heavy (non-hydrogen) atoms. The van der Waals surface area contributed by atoms with Gasteiger partial charge in [-0.15, -0.1) is 0 Å². The number of aromatic hydroxyl groups is 2. The molecule has 1 aromatic rings. The molecule has 1 rings (SSSR count). The molecule has 1 aromatic carbocycles. The second kappa shape index (κ2) is 5.06. The molecule has 0 aliphatic heterocycles. The van der Waals surface area contributed by atoms with Gasteiger partial charge in [-0.2, -0.15) is 4.99 Å². The van der Waals surface area contributed by atoms with Gasteiger partial charge < -0.3 is 26.6 Å². The summed E-state index contributed by atoms with van der Waals surface area (Å²) in [5, 5.41) is 18.4. The standard InChI is InChI=1S/C10H15N5O2/c1-15(2)10(12)14-9(11)13-6-3-4-7(16)8(17)5-6/h3-5,16-17H,1-2H3,(H4,11,12,13,14). The summed E-state index contributed by atoms with van der Waals surface area (Å²) in [5.41, 5.74) is 11.5. The lowest BCUT2D eigenvalue weighted by Gasteiger charge is -2.09. The number of nitrogens with two attached hydrogens (primary N) is 2. The van der Waals surface area contributed by atoms with Gasteiger partial charge in [0, 0.05) is 20.2 Å². The first-order valence-corrected chi connectivity index (χ1v) is 4.78. The lowest BCUT2D eigenvalue weighted by Crippen LogP contribution is -2.32. The van der Waals surface area contributed by atoms with Crippen molar-refractivity contribution in [2.75, 3.05) is 14.1 Å². The zero-order valence-corrected chi connectivity index (χ0v) is 9.62. The summed E-state index contributed by atoms with van der Waals surface area (Å²) in [6.07, 6.45) is 0. The molecule has 0 spiro atoms. The molecule has 0 aliphatic rings. The quantitative estimate of drug-likeness (QED) is 0.309. The summed E-state index contributed by atoms with van der Waals surface area (Å²) in [4.78, 5) is 9.32. The number of nitrogens with zero attached hydrogens (tertiary/aromatic N) is 3. The lowest BCUT2D eigenvalue weighted by molar-refractivity contribution is 0.404. The topological polar surface area (TPSA) is 120 Å². The van der Waals surface area contributed by atoms with Gasteiger partial charge in [0.15, 0.2) is 17.5 Å². The average Bonchev–Trinajstić information content (AvgIpc) is 2.23. The van der Waals surface area contributed by atoms with Crippen LogP contribution in [-0.4, -0.2) is 41.1 Å². The summed E-state index contributed by atoms with van der Waals surface area (Å²) in [6.45, 7) is 0. The van der Waals surface area contributed by atoms with Gasteiger partial charge in [-0.1, -0.05) is 0 Å². The number of rotatable bonds is 1. The van der Waals surface area contributed by atoms with E-state index in [1.165, 1.54) is 18.2 Å². The van der Waals surface area contributed by atoms with E-state index >= 15 is 0 Å². The maximum absolute atomic E-state index is 9.25. The third-order valence-electron chi connectivity index (χ3n) is 1.89. The first kappa shape index (κ1) is 12.6. The van der Waals surface area contributed by atoms with Gasteiger partial charge >= 0.3 is 0 Å². The summed E-state index contributed by atoms with van der Waals surface area (Å²) in [6, 6.07) is 4.06. The largest absolute Gasteiger partial charge is 0.504 e. The van der Waals surface area contributed by atoms with Crippen molar-refractivity contribution in [3.05, 3.63) is 18.2 Å². The summed E-state index contributed by atoms with van der Waals surface area (Å²) in [5.74, 6) is -0.321. The molecular weight excluding hydrogens is 222 g/mol. The van der Waals surface area contributed by atoms with E-state index in [4.69, 9.17) is 16.6 Å². The minimum absolute atomic E-state index is 0.0405. The van der Waals surface area contributed by atoms with Crippen molar-refractivity contribution in [1.29, 1.82) is 0 Å². The van der Waals surface area contributed by atoms with Crippen molar-refractivity contribution in [3.63, 3.8) is 0 Å². The van der Waals surface area contributed by atoms with E-state index in [1.54, 1.807) is 19.0 Å². The Morgan fingerprint density at radius 2 is 1.82 bits per heavy atom. The molecule has 0 aromatic heterocycles. The first-order chi connectivity index (χ1) is 7.90. The van der Waals surface area contributed by atoms with Crippen LogP contribution >= 0.6 is 0 Å². The lowest BCUT2D eigenvalue weighted by atomic mass is 10.3. The maximum Gasteiger partial charge on any atom is 0.223 e. The van der Waals surface area contributed by atoms with Crippen LogP contribution in [-0.2, 0) is 0 Å². The number of hydrogen-bond donors (Lipinski definition) is 4. The van der Waals surface area contributed by atoms with Gasteiger partial charge in [0.25, 0.3) is 0 Å². The minimum Gasteiger partial charge on any atom is -0.504 e. The predicted molar refractivity (Wildman–Crippen MR) is 66.4 cm³/mol. The van der Waals surface area contributed by atoms with Crippen LogP contribution in [0.25, 0.3) is 0 Å². The fraction of sp³-hybridized carbons (Fsp3) is 0.200. The molecule has 0 unspecified atom stereocenters. The molecular formula is C10H15N5O2. The molecule has 0 amide bonds. The highest BCUT2D eigenvalue weighted by Gasteiger charge is 2.01. The Hall–Kier alpha value is -2.44. The van der Waals surface area contributed by atoms with Gasteiger partial charge in [-0.3, -0.25) is 0 Å². The van der Waals surface area contributed by atoms with E-state index in [9.17, 15) is 5.11 Å². The van der Waals surface area contributed by atoms with Crippen LogP contribution in [0.2, 0.25) is 0 Å². The zero-order chi connectivity index (χ0) is 13.0. The highest BCUT2D eigenvalue weighted by atomic mass is 16.3. The first-order valence-electron chi connectivity index (χ1n) is 4.78. The van der Waals surface area contributed by atoms with E-state index in [0.717, 1.165) is 0 Å². The van der Waals surface area contributed by atoms with E-state index in [2.05, 4.69) is 9.98 Å². The number of guanidine groups is 2. The van der Waals surface area contributed by atoms with Crippen LogP contribution < -0.4 is 11.5 Å².